The summed E-state index contributed by atoms with van der Waals surface area (Å²) in [4.78, 5) is 29.5. The highest BCUT2D eigenvalue weighted by Crippen LogP contribution is 2.25. The van der Waals surface area contributed by atoms with Crippen molar-refractivity contribution in [2.24, 2.45) is 0 Å². The second-order valence-corrected chi connectivity index (χ2v) is 7.91. The normalized spacial score (nSPS) is 19.4. The minimum Gasteiger partial charge on any atom is -0.379 e. The molecule has 2 atom stereocenters. The zero-order valence-corrected chi connectivity index (χ0v) is 18.7. The van der Waals surface area contributed by atoms with Gasteiger partial charge in [-0.15, -0.1) is 0 Å². The smallest absolute Gasteiger partial charge is 0.257 e. The van der Waals surface area contributed by atoms with E-state index < -0.39 is 0 Å². The molecule has 1 fully saturated rings. The predicted molar refractivity (Wildman–Crippen MR) is 127 cm³/mol. The molecule has 5 rings (SSSR count). The van der Waals surface area contributed by atoms with Crippen LogP contribution >= 0.6 is 0 Å². The number of fused-ring (bicyclic) bond motifs is 1. The molecule has 1 amide bonds. The minimum atomic E-state index is -0.263. The number of allylic oxidation sites excluding steroid dienone is 2. The molecule has 0 radical (unpaired) electrons. The molecule has 0 spiro atoms. The van der Waals surface area contributed by atoms with Crippen molar-refractivity contribution in [3.05, 3.63) is 72.1 Å². The predicted octanol–water partition coefficient (Wildman–Crippen LogP) is 1.66. The van der Waals surface area contributed by atoms with Gasteiger partial charge in [0.25, 0.3) is 5.91 Å². The molecule has 1 aliphatic carbocycles. The van der Waals surface area contributed by atoms with Crippen LogP contribution in [0, 0.1) is 0 Å². The molecule has 0 aromatic carbocycles. The van der Waals surface area contributed by atoms with E-state index in [1.54, 1.807) is 46.7 Å². The zero-order valence-electron chi connectivity index (χ0n) is 18.7. The molecule has 174 valence electrons. The number of carbonyl (C=O) groups is 1. The molecule has 4 heterocycles. The lowest BCUT2D eigenvalue weighted by Crippen LogP contribution is -2.51. The van der Waals surface area contributed by atoms with E-state index in [9.17, 15) is 9.59 Å². The van der Waals surface area contributed by atoms with Gasteiger partial charge in [-0.25, -0.2) is 14.8 Å². The molecule has 0 unspecified atom stereocenters. The average molecular weight is 460 g/mol. The second kappa shape index (κ2) is 8.89. The number of anilines is 2. The first-order valence-electron chi connectivity index (χ1n) is 10.9. The van der Waals surface area contributed by atoms with E-state index in [0.717, 1.165) is 12.8 Å². The fraction of sp³-hybridized carbons (Fsp3) is 0.261. The van der Waals surface area contributed by atoms with Crippen LogP contribution in [0.2, 0.25) is 0 Å². The fourth-order valence-corrected chi connectivity index (χ4v) is 4.03. The highest BCUT2D eigenvalue weighted by atomic mass is 16.5. The third-order valence-corrected chi connectivity index (χ3v) is 5.97. The number of hydrogen-bond acceptors (Lipinski definition) is 8. The molecular weight excluding hydrogens is 436 g/mol. The molecule has 3 aromatic heterocycles. The first-order chi connectivity index (χ1) is 16.6. The highest BCUT2D eigenvalue weighted by molar-refractivity contribution is 6.00. The van der Waals surface area contributed by atoms with Gasteiger partial charge in [-0.2, -0.15) is 9.61 Å². The van der Waals surface area contributed by atoms with Crippen molar-refractivity contribution in [3.8, 4) is 0 Å². The van der Waals surface area contributed by atoms with Crippen LogP contribution in [-0.4, -0.2) is 57.4 Å². The standard InChI is InChI=1S/C23H24N8O3/c1-24-21-12-20(26-16-6-5-11-30(18(16)14-32)29-9-3-4-10-29)28-22-15(13-25-31(21)22)23(33)27-17-7-8-19(17)34-2/h3-6,9-13,17,19,24H,7-8H2,1-2H3,(H,26,28)(H,27,33)/t17-,19-/m0/s1. The number of amides is 1. The summed E-state index contributed by atoms with van der Waals surface area (Å²) in [7, 11) is 3.40. The first kappa shape index (κ1) is 21.5. The molecule has 11 heteroatoms. The Hall–Kier alpha value is -4.34. The number of ether oxygens (including phenoxy) is 1. The van der Waals surface area contributed by atoms with Crippen molar-refractivity contribution in [1.29, 1.82) is 0 Å². The van der Waals surface area contributed by atoms with Gasteiger partial charge in [0.1, 0.15) is 17.2 Å². The third kappa shape index (κ3) is 3.72. The quantitative estimate of drug-likeness (QED) is 0.456. The number of rotatable bonds is 7. The van der Waals surface area contributed by atoms with Crippen LogP contribution in [0.5, 0.6) is 0 Å². The molecule has 2 aliphatic rings. The monoisotopic (exact) mass is 460 g/mol. The van der Waals surface area contributed by atoms with Gasteiger partial charge in [-0.1, -0.05) is 0 Å². The Bertz CT molecular complexity index is 1330. The number of hydrogen-bond donors (Lipinski definition) is 3. The van der Waals surface area contributed by atoms with Crippen molar-refractivity contribution in [2.75, 3.05) is 29.8 Å². The lowest BCUT2D eigenvalue weighted by molar-refractivity contribution is 0.00732. The van der Waals surface area contributed by atoms with Crippen LogP contribution in [0.1, 0.15) is 23.2 Å². The van der Waals surface area contributed by atoms with Crippen molar-refractivity contribution in [1.82, 2.24) is 24.6 Å². The summed E-state index contributed by atoms with van der Waals surface area (Å²) >= 11 is 0. The fourth-order valence-electron chi connectivity index (χ4n) is 4.03. The van der Waals surface area contributed by atoms with Crippen LogP contribution in [0.3, 0.4) is 0 Å². The SMILES string of the molecule is CNc1cc(NC2=CC=CN(n3cccc3)C2=C=O)nc2c(C(=O)N[C@H]3CC[C@@H]3OC)cnn12. The summed E-state index contributed by atoms with van der Waals surface area (Å²) in [6.45, 7) is 0. The molecule has 3 N–H and O–H groups in total. The molecule has 34 heavy (non-hydrogen) atoms. The molecule has 11 nitrogen and oxygen atoms in total. The minimum absolute atomic E-state index is 0.0203. The average Bonchev–Trinajstić information content (AvgIpc) is 3.52. The third-order valence-electron chi connectivity index (χ3n) is 5.97. The van der Waals surface area contributed by atoms with Gasteiger partial charge >= 0.3 is 0 Å². The summed E-state index contributed by atoms with van der Waals surface area (Å²) < 4.78 is 8.70. The van der Waals surface area contributed by atoms with Crippen LogP contribution in [0.4, 0.5) is 11.6 Å². The van der Waals surface area contributed by atoms with Crippen LogP contribution in [0.25, 0.3) is 5.65 Å². The Kier molecular flexibility index (Phi) is 5.62. The molecule has 0 saturated heterocycles. The van der Waals surface area contributed by atoms with Crippen LogP contribution < -0.4 is 21.0 Å². The van der Waals surface area contributed by atoms with E-state index in [4.69, 9.17) is 4.74 Å². The van der Waals surface area contributed by atoms with Crippen molar-refractivity contribution in [2.45, 2.75) is 25.0 Å². The van der Waals surface area contributed by atoms with Gasteiger partial charge in [0.15, 0.2) is 17.3 Å². The summed E-state index contributed by atoms with van der Waals surface area (Å²) in [6.07, 6.45) is 12.3. The van der Waals surface area contributed by atoms with E-state index in [0.29, 0.717) is 28.5 Å². The van der Waals surface area contributed by atoms with E-state index >= 15 is 0 Å². The van der Waals surface area contributed by atoms with Gasteiger partial charge in [0.05, 0.1) is 24.0 Å². The van der Waals surface area contributed by atoms with Crippen LogP contribution in [0.15, 0.2) is 66.5 Å². The van der Waals surface area contributed by atoms with Crippen molar-refractivity contribution in [3.63, 3.8) is 0 Å². The van der Waals surface area contributed by atoms with Crippen molar-refractivity contribution >= 4 is 29.1 Å². The number of aromatic nitrogens is 4. The summed E-state index contributed by atoms with van der Waals surface area (Å²) in [5.41, 5.74) is 1.52. The number of carbonyl (C=O) groups excluding carboxylic acids is 2. The summed E-state index contributed by atoms with van der Waals surface area (Å²) in [6, 6.07) is 5.44. The van der Waals surface area contributed by atoms with Gasteiger partial charge < -0.3 is 20.7 Å². The van der Waals surface area contributed by atoms with E-state index in [-0.39, 0.29) is 23.8 Å². The first-order valence-corrected chi connectivity index (χ1v) is 10.9. The maximum Gasteiger partial charge on any atom is 0.257 e. The largest absolute Gasteiger partial charge is 0.379 e. The maximum atomic E-state index is 13.0. The van der Waals surface area contributed by atoms with E-state index in [2.05, 4.69) is 26.0 Å². The molecule has 3 aromatic rings. The number of methoxy groups -OCH3 is 1. The van der Waals surface area contributed by atoms with Gasteiger partial charge in [0, 0.05) is 38.8 Å². The second-order valence-electron chi connectivity index (χ2n) is 7.91. The van der Waals surface area contributed by atoms with Gasteiger partial charge in [-0.05, 0) is 37.1 Å². The molecular formula is C23H24N8O3. The molecule has 0 bridgehead atoms. The highest BCUT2D eigenvalue weighted by Gasteiger charge is 2.33. The summed E-state index contributed by atoms with van der Waals surface area (Å²) in [5, 5.41) is 15.3. The topological polar surface area (TPSA) is 118 Å². The Balaban J connectivity index is 1.45. The molecule has 1 saturated carbocycles. The summed E-state index contributed by atoms with van der Waals surface area (Å²) in [5.74, 6) is 2.79. The molecule has 1 aliphatic heterocycles. The van der Waals surface area contributed by atoms with Gasteiger partial charge in [0.2, 0.25) is 0 Å². The lowest BCUT2D eigenvalue weighted by atomic mass is 9.89. The Morgan fingerprint density at radius 3 is 2.76 bits per heavy atom. The van der Waals surface area contributed by atoms with Crippen molar-refractivity contribution < 1.29 is 14.3 Å². The maximum absolute atomic E-state index is 13.0. The Labute approximate surface area is 195 Å². The van der Waals surface area contributed by atoms with E-state index in [1.165, 1.54) is 6.20 Å². The van der Waals surface area contributed by atoms with Crippen LogP contribution in [-0.2, 0) is 9.53 Å². The zero-order chi connectivity index (χ0) is 23.7. The Morgan fingerprint density at radius 1 is 1.26 bits per heavy atom. The number of nitrogens with zero attached hydrogens (tertiary/aromatic N) is 5. The lowest BCUT2D eigenvalue weighted by Gasteiger charge is -2.35. The van der Waals surface area contributed by atoms with Gasteiger partial charge in [-0.3, -0.25) is 9.47 Å². The van der Waals surface area contributed by atoms with E-state index in [1.807, 2.05) is 36.5 Å². The Morgan fingerprint density at radius 2 is 2.09 bits per heavy atom. The number of nitrogens with one attached hydrogen (secondary N) is 3.